The fourth-order valence-electron chi connectivity index (χ4n) is 2.21. The third kappa shape index (κ3) is 4.97. The van der Waals surface area contributed by atoms with Crippen LogP contribution < -0.4 is 14.8 Å². The summed E-state index contributed by atoms with van der Waals surface area (Å²) in [5.74, 6) is -0.159. The topological polar surface area (TPSA) is 84.9 Å². The lowest BCUT2D eigenvalue weighted by atomic mass is 10.1. The Kier molecular flexibility index (Phi) is 6.00. The average Bonchev–Trinajstić information content (AvgIpc) is 2.59. The highest BCUT2D eigenvalue weighted by Crippen LogP contribution is 2.29. The number of nitrogens with one attached hydrogen (secondary N) is 1. The van der Waals surface area contributed by atoms with Gasteiger partial charge in [-0.1, -0.05) is 12.1 Å². The lowest BCUT2D eigenvalue weighted by molar-refractivity contribution is 0.0696. The summed E-state index contributed by atoms with van der Waals surface area (Å²) in [4.78, 5) is 23.1. The highest BCUT2D eigenvalue weighted by Gasteiger charge is 2.12. The van der Waals surface area contributed by atoms with E-state index in [1.54, 1.807) is 30.3 Å². The second-order valence-corrected chi connectivity index (χ2v) is 5.72. The number of rotatable bonds is 7. The molecule has 0 aromatic heterocycles. The molecule has 6 heteroatoms. The smallest absolute Gasteiger partial charge is 0.335 e. The van der Waals surface area contributed by atoms with Gasteiger partial charge in [0.1, 0.15) is 0 Å². The zero-order valence-electron chi connectivity index (χ0n) is 14.4. The van der Waals surface area contributed by atoms with Gasteiger partial charge in [0.25, 0.3) is 5.91 Å². The molecule has 0 atom stereocenters. The molecule has 6 nitrogen and oxygen atoms in total. The molecule has 25 heavy (non-hydrogen) atoms. The SMILES string of the molecule is COc1cc(C(=O)NCc2ccc(C(=O)O)cc2)ccc1OC(C)C. The lowest BCUT2D eigenvalue weighted by Crippen LogP contribution is -2.22. The number of hydrogen-bond acceptors (Lipinski definition) is 4. The van der Waals surface area contributed by atoms with Gasteiger partial charge >= 0.3 is 5.97 Å². The van der Waals surface area contributed by atoms with Crippen molar-refractivity contribution in [3.8, 4) is 11.5 Å². The summed E-state index contributed by atoms with van der Waals surface area (Å²) < 4.78 is 10.9. The molecule has 0 fully saturated rings. The summed E-state index contributed by atoms with van der Waals surface area (Å²) in [5.41, 5.74) is 1.47. The number of aromatic carboxylic acids is 1. The largest absolute Gasteiger partial charge is 0.493 e. The number of carboxylic acid groups (broad SMARTS) is 1. The minimum atomic E-state index is -0.980. The van der Waals surface area contributed by atoms with Gasteiger partial charge < -0.3 is 19.9 Å². The second-order valence-electron chi connectivity index (χ2n) is 5.72. The quantitative estimate of drug-likeness (QED) is 0.807. The molecule has 0 aliphatic heterocycles. The molecule has 2 rings (SSSR count). The Morgan fingerprint density at radius 1 is 1.04 bits per heavy atom. The van der Waals surface area contributed by atoms with Crippen molar-refractivity contribution >= 4 is 11.9 Å². The van der Waals surface area contributed by atoms with Gasteiger partial charge in [-0.3, -0.25) is 4.79 Å². The van der Waals surface area contributed by atoms with E-state index in [2.05, 4.69) is 5.32 Å². The molecule has 0 aliphatic carbocycles. The maximum absolute atomic E-state index is 12.3. The van der Waals surface area contributed by atoms with Gasteiger partial charge in [0.15, 0.2) is 11.5 Å². The van der Waals surface area contributed by atoms with E-state index in [0.29, 0.717) is 23.6 Å². The first-order valence-corrected chi connectivity index (χ1v) is 7.86. The van der Waals surface area contributed by atoms with Gasteiger partial charge in [0.2, 0.25) is 0 Å². The Balaban J connectivity index is 2.03. The Labute approximate surface area is 146 Å². The van der Waals surface area contributed by atoms with Crippen LogP contribution in [0.15, 0.2) is 42.5 Å². The summed E-state index contributed by atoms with van der Waals surface area (Å²) in [5, 5.41) is 11.7. The molecule has 0 saturated carbocycles. The third-order valence-corrected chi connectivity index (χ3v) is 3.44. The van der Waals surface area contributed by atoms with Crippen molar-refractivity contribution in [2.75, 3.05) is 7.11 Å². The van der Waals surface area contributed by atoms with Crippen LogP contribution in [0.3, 0.4) is 0 Å². The highest BCUT2D eigenvalue weighted by atomic mass is 16.5. The first-order chi connectivity index (χ1) is 11.9. The van der Waals surface area contributed by atoms with Crippen LogP contribution >= 0.6 is 0 Å². The molecule has 2 aromatic carbocycles. The van der Waals surface area contributed by atoms with Gasteiger partial charge in [0.05, 0.1) is 18.8 Å². The van der Waals surface area contributed by atoms with Gasteiger partial charge in [-0.25, -0.2) is 4.79 Å². The first kappa shape index (κ1) is 18.3. The van der Waals surface area contributed by atoms with E-state index < -0.39 is 5.97 Å². The average molecular weight is 343 g/mol. The van der Waals surface area contributed by atoms with E-state index >= 15 is 0 Å². The monoisotopic (exact) mass is 343 g/mol. The lowest BCUT2D eigenvalue weighted by Gasteiger charge is -2.14. The summed E-state index contributed by atoms with van der Waals surface area (Å²) >= 11 is 0. The molecule has 132 valence electrons. The zero-order chi connectivity index (χ0) is 18.4. The summed E-state index contributed by atoms with van der Waals surface area (Å²) in [6.45, 7) is 4.12. The maximum Gasteiger partial charge on any atom is 0.335 e. The van der Waals surface area contributed by atoms with Crippen molar-refractivity contribution in [1.82, 2.24) is 5.32 Å². The van der Waals surface area contributed by atoms with Crippen LogP contribution in [-0.2, 0) is 6.54 Å². The van der Waals surface area contributed by atoms with Crippen LogP contribution in [-0.4, -0.2) is 30.2 Å². The van der Waals surface area contributed by atoms with E-state index in [-0.39, 0.29) is 17.6 Å². The Morgan fingerprint density at radius 2 is 1.68 bits per heavy atom. The summed E-state index contributed by atoms with van der Waals surface area (Å²) in [6, 6.07) is 11.3. The third-order valence-electron chi connectivity index (χ3n) is 3.44. The van der Waals surface area contributed by atoms with Crippen molar-refractivity contribution < 1.29 is 24.2 Å². The molecule has 0 radical (unpaired) electrons. The molecule has 1 amide bonds. The molecule has 0 saturated heterocycles. The molecule has 0 unspecified atom stereocenters. The minimum Gasteiger partial charge on any atom is -0.493 e. The molecule has 0 spiro atoms. The van der Waals surface area contributed by atoms with E-state index in [9.17, 15) is 9.59 Å². The van der Waals surface area contributed by atoms with Gasteiger partial charge in [0, 0.05) is 12.1 Å². The Hall–Kier alpha value is -3.02. The number of methoxy groups -OCH3 is 1. The first-order valence-electron chi connectivity index (χ1n) is 7.86. The summed E-state index contributed by atoms with van der Waals surface area (Å²) in [6.07, 6.45) is 0.00218. The van der Waals surface area contributed by atoms with Crippen molar-refractivity contribution in [3.63, 3.8) is 0 Å². The van der Waals surface area contributed by atoms with Crippen molar-refractivity contribution in [3.05, 3.63) is 59.2 Å². The molecule has 2 aromatic rings. The number of amides is 1. The molecule has 0 heterocycles. The minimum absolute atomic E-state index is 0.00218. The van der Waals surface area contributed by atoms with Crippen molar-refractivity contribution in [1.29, 1.82) is 0 Å². The van der Waals surface area contributed by atoms with Gasteiger partial charge in [-0.2, -0.15) is 0 Å². The zero-order valence-corrected chi connectivity index (χ0v) is 14.4. The summed E-state index contributed by atoms with van der Waals surface area (Å²) in [7, 11) is 1.52. The van der Waals surface area contributed by atoms with Gasteiger partial charge in [-0.15, -0.1) is 0 Å². The standard InChI is InChI=1S/C19H21NO5/c1-12(2)25-16-9-8-15(10-17(16)24-3)18(21)20-11-13-4-6-14(7-5-13)19(22)23/h4-10,12H,11H2,1-3H3,(H,20,21)(H,22,23). The molecule has 0 aliphatic rings. The number of carboxylic acids is 1. The van der Waals surface area contributed by atoms with E-state index in [1.165, 1.54) is 19.2 Å². The van der Waals surface area contributed by atoms with Crippen molar-refractivity contribution in [2.45, 2.75) is 26.5 Å². The Morgan fingerprint density at radius 3 is 2.24 bits per heavy atom. The number of hydrogen-bond donors (Lipinski definition) is 2. The van der Waals surface area contributed by atoms with Crippen LogP contribution in [0, 0.1) is 0 Å². The van der Waals surface area contributed by atoms with Gasteiger partial charge in [-0.05, 0) is 49.7 Å². The van der Waals surface area contributed by atoms with E-state index in [1.807, 2.05) is 13.8 Å². The fraction of sp³-hybridized carbons (Fsp3) is 0.263. The number of carbonyl (C=O) groups is 2. The predicted octanol–water partition coefficient (Wildman–Crippen LogP) is 3.11. The molecular weight excluding hydrogens is 322 g/mol. The van der Waals surface area contributed by atoms with E-state index in [4.69, 9.17) is 14.6 Å². The Bertz CT molecular complexity index is 753. The normalized spacial score (nSPS) is 10.4. The van der Waals surface area contributed by atoms with Crippen LogP contribution in [0.1, 0.15) is 40.1 Å². The fourth-order valence-corrected chi connectivity index (χ4v) is 2.21. The molecule has 0 bridgehead atoms. The number of benzene rings is 2. The second kappa shape index (κ2) is 8.19. The van der Waals surface area contributed by atoms with E-state index in [0.717, 1.165) is 5.56 Å². The van der Waals surface area contributed by atoms with Crippen LogP contribution in [0.5, 0.6) is 11.5 Å². The van der Waals surface area contributed by atoms with Crippen LogP contribution in [0.2, 0.25) is 0 Å². The number of carbonyl (C=O) groups excluding carboxylic acids is 1. The molecular formula is C19H21NO5. The van der Waals surface area contributed by atoms with Crippen LogP contribution in [0.4, 0.5) is 0 Å². The molecule has 2 N–H and O–H groups in total. The maximum atomic E-state index is 12.3. The number of ether oxygens (including phenoxy) is 2. The van der Waals surface area contributed by atoms with Crippen molar-refractivity contribution in [2.24, 2.45) is 0 Å². The highest BCUT2D eigenvalue weighted by molar-refractivity contribution is 5.94. The predicted molar refractivity (Wildman–Crippen MR) is 93.3 cm³/mol. The van der Waals surface area contributed by atoms with Crippen LogP contribution in [0.25, 0.3) is 0 Å².